The van der Waals surface area contributed by atoms with Gasteiger partial charge >= 0.3 is 0 Å². The molecule has 0 unspecified atom stereocenters. The monoisotopic (exact) mass is 347 g/mol. The molecule has 1 aromatic heterocycles. The first-order valence-electron chi connectivity index (χ1n) is 9.29. The zero-order chi connectivity index (χ0) is 17.8. The predicted molar refractivity (Wildman–Crippen MR) is 97.9 cm³/mol. The molecule has 3 heterocycles. The molecule has 1 amide bonds. The Hall–Kier alpha value is -1.66. The van der Waals surface area contributed by atoms with E-state index < -0.39 is 0 Å². The van der Waals surface area contributed by atoms with E-state index in [9.17, 15) is 4.79 Å². The minimum atomic E-state index is -0.0907. The summed E-state index contributed by atoms with van der Waals surface area (Å²) in [5, 5.41) is 3.07. The molecule has 2 aliphatic heterocycles. The summed E-state index contributed by atoms with van der Waals surface area (Å²) in [6.45, 7) is 10.1. The summed E-state index contributed by atoms with van der Waals surface area (Å²) in [4.78, 5) is 19.7. The van der Waals surface area contributed by atoms with E-state index in [0.29, 0.717) is 5.92 Å². The van der Waals surface area contributed by atoms with Crippen LogP contribution in [0, 0.1) is 18.8 Å². The van der Waals surface area contributed by atoms with Crippen LogP contribution in [0.3, 0.4) is 0 Å². The number of nitrogens with one attached hydrogen (secondary N) is 1. The first kappa shape index (κ1) is 18.1. The van der Waals surface area contributed by atoms with Crippen molar-refractivity contribution in [3.63, 3.8) is 0 Å². The number of aryl methyl sites for hydroxylation is 1. The molecule has 0 aliphatic carbocycles. The van der Waals surface area contributed by atoms with Gasteiger partial charge in [-0.15, -0.1) is 0 Å². The fourth-order valence-corrected chi connectivity index (χ4v) is 3.61. The number of anilines is 2. The zero-order valence-electron chi connectivity index (χ0n) is 15.5. The van der Waals surface area contributed by atoms with E-state index in [1.165, 1.54) is 0 Å². The van der Waals surface area contributed by atoms with Gasteiger partial charge < -0.3 is 19.7 Å². The number of ether oxygens (including phenoxy) is 2. The normalized spacial score (nSPS) is 24.4. The second-order valence-electron chi connectivity index (χ2n) is 7.22. The average Bonchev–Trinajstić information content (AvgIpc) is 2.64. The molecule has 2 fully saturated rings. The third kappa shape index (κ3) is 4.30. The van der Waals surface area contributed by atoms with Crippen molar-refractivity contribution in [3.05, 3.63) is 17.8 Å². The van der Waals surface area contributed by atoms with E-state index in [0.717, 1.165) is 63.0 Å². The molecule has 0 aromatic carbocycles. The number of hydrogen-bond donors (Lipinski definition) is 1. The smallest absolute Gasteiger partial charge is 0.230 e. The van der Waals surface area contributed by atoms with Gasteiger partial charge in [0.25, 0.3) is 0 Å². The number of amides is 1. The summed E-state index contributed by atoms with van der Waals surface area (Å²) < 4.78 is 11.2. The summed E-state index contributed by atoms with van der Waals surface area (Å²) in [5.74, 6) is 1.23. The van der Waals surface area contributed by atoms with Gasteiger partial charge in [-0.3, -0.25) is 4.79 Å². The van der Waals surface area contributed by atoms with Crippen LogP contribution in [0.5, 0.6) is 0 Å². The van der Waals surface area contributed by atoms with Crippen LogP contribution in [-0.2, 0) is 14.3 Å². The Balaban J connectivity index is 1.68. The Morgan fingerprint density at radius 1 is 1.28 bits per heavy atom. The van der Waals surface area contributed by atoms with Crippen LogP contribution in [0.15, 0.2) is 12.1 Å². The first-order chi connectivity index (χ1) is 12.1. The number of hydrogen-bond acceptors (Lipinski definition) is 5. The van der Waals surface area contributed by atoms with Crippen molar-refractivity contribution in [2.75, 3.05) is 43.1 Å². The van der Waals surface area contributed by atoms with Gasteiger partial charge in [-0.1, -0.05) is 13.8 Å². The maximum Gasteiger partial charge on any atom is 0.230 e. The second kappa shape index (κ2) is 8.15. The molecule has 0 saturated carbocycles. The van der Waals surface area contributed by atoms with Crippen LogP contribution >= 0.6 is 0 Å². The van der Waals surface area contributed by atoms with E-state index in [1.807, 2.05) is 19.1 Å². The van der Waals surface area contributed by atoms with Gasteiger partial charge in [0.1, 0.15) is 5.82 Å². The standard InChI is InChI=1S/C19H29N3O3/c1-13(2)18-15(5-4-10-25-18)19(23)21-16-6-7-17(20-14(16)3)22-8-11-24-12-9-22/h6-7,13,15,18H,4-5,8-12H2,1-3H3,(H,21,23)/t15-,18+/m1/s1. The highest BCUT2D eigenvalue weighted by Gasteiger charge is 2.34. The maximum atomic E-state index is 12.8. The number of pyridine rings is 1. The highest BCUT2D eigenvalue weighted by molar-refractivity contribution is 5.93. The molecule has 0 bridgehead atoms. The van der Waals surface area contributed by atoms with Gasteiger partial charge in [0.15, 0.2) is 0 Å². The molecule has 2 saturated heterocycles. The largest absolute Gasteiger partial charge is 0.378 e. The highest BCUT2D eigenvalue weighted by Crippen LogP contribution is 2.28. The van der Waals surface area contributed by atoms with Gasteiger partial charge in [0.2, 0.25) is 5.91 Å². The van der Waals surface area contributed by atoms with E-state index in [4.69, 9.17) is 9.47 Å². The van der Waals surface area contributed by atoms with Crippen LogP contribution < -0.4 is 10.2 Å². The van der Waals surface area contributed by atoms with Crippen LogP contribution in [0.1, 0.15) is 32.4 Å². The van der Waals surface area contributed by atoms with Crippen molar-refractivity contribution in [1.82, 2.24) is 4.98 Å². The van der Waals surface area contributed by atoms with Crippen LogP contribution in [0.2, 0.25) is 0 Å². The second-order valence-corrected chi connectivity index (χ2v) is 7.22. The number of carbonyl (C=O) groups excluding carboxylic acids is 1. The minimum Gasteiger partial charge on any atom is -0.378 e. The topological polar surface area (TPSA) is 63.7 Å². The fourth-order valence-electron chi connectivity index (χ4n) is 3.61. The van der Waals surface area contributed by atoms with Crippen LogP contribution in [0.4, 0.5) is 11.5 Å². The van der Waals surface area contributed by atoms with Gasteiger partial charge in [-0.25, -0.2) is 4.98 Å². The van der Waals surface area contributed by atoms with Crippen molar-refractivity contribution < 1.29 is 14.3 Å². The molecule has 1 N–H and O–H groups in total. The fraction of sp³-hybridized carbons (Fsp3) is 0.684. The molecule has 6 nitrogen and oxygen atoms in total. The van der Waals surface area contributed by atoms with E-state index >= 15 is 0 Å². The number of carbonyl (C=O) groups is 1. The maximum absolute atomic E-state index is 12.8. The molecule has 2 aliphatic rings. The summed E-state index contributed by atoms with van der Waals surface area (Å²) in [7, 11) is 0. The molecule has 0 radical (unpaired) electrons. The zero-order valence-corrected chi connectivity index (χ0v) is 15.5. The van der Waals surface area contributed by atoms with Gasteiger partial charge in [0.05, 0.1) is 36.6 Å². The third-order valence-corrected chi connectivity index (χ3v) is 5.02. The Kier molecular flexibility index (Phi) is 5.91. The SMILES string of the molecule is Cc1nc(N2CCOCC2)ccc1NC(=O)[C@@H]1CCCO[C@H]1C(C)C. The molecule has 0 spiro atoms. The first-order valence-corrected chi connectivity index (χ1v) is 9.29. The molecule has 25 heavy (non-hydrogen) atoms. The number of morpholine rings is 1. The van der Waals surface area contributed by atoms with Crippen molar-refractivity contribution in [3.8, 4) is 0 Å². The molecule has 3 rings (SSSR count). The predicted octanol–water partition coefficient (Wildman–Crippen LogP) is 2.62. The van der Waals surface area contributed by atoms with E-state index in [1.54, 1.807) is 0 Å². The highest BCUT2D eigenvalue weighted by atomic mass is 16.5. The van der Waals surface area contributed by atoms with Crippen molar-refractivity contribution in [2.24, 2.45) is 11.8 Å². The summed E-state index contributed by atoms with van der Waals surface area (Å²) >= 11 is 0. The minimum absolute atomic E-state index is 0.00496. The van der Waals surface area contributed by atoms with Crippen molar-refractivity contribution >= 4 is 17.4 Å². The Morgan fingerprint density at radius 3 is 2.72 bits per heavy atom. The van der Waals surface area contributed by atoms with Crippen molar-refractivity contribution in [1.29, 1.82) is 0 Å². The van der Waals surface area contributed by atoms with Crippen LogP contribution in [-0.4, -0.2) is 49.9 Å². The van der Waals surface area contributed by atoms with E-state index in [2.05, 4.69) is 29.0 Å². The van der Waals surface area contributed by atoms with Gasteiger partial charge in [-0.05, 0) is 37.8 Å². The molecule has 138 valence electrons. The average molecular weight is 347 g/mol. The lowest BCUT2D eigenvalue weighted by Gasteiger charge is -2.33. The van der Waals surface area contributed by atoms with Gasteiger partial charge in [-0.2, -0.15) is 0 Å². The lowest BCUT2D eigenvalue weighted by Crippen LogP contribution is -2.41. The molecule has 2 atom stereocenters. The number of nitrogens with zero attached hydrogens (tertiary/aromatic N) is 2. The third-order valence-electron chi connectivity index (χ3n) is 5.02. The van der Waals surface area contributed by atoms with Gasteiger partial charge in [0, 0.05) is 19.7 Å². The number of rotatable bonds is 4. The number of aromatic nitrogens is 1. The van der Waals surface area contributed by atoms with Crippen LogP contribution in [0.25, 0.3) is 0 Å². The lowest BCUT2D eigenvalue weighted by molar-refractivity contribution is -0.131. The molecular weight excluding hydrogens is 318 g/mol. The lowest BCUT2D eigenvalue weighted by atomic mass is 9.86. The molecule has 6 heteroatoms. The quantitative estimate of drug-likeness (QED) is 0.907. The van der Waals surface area contributed by atoms with E-state index in [-0.39, 0.29) is 17.9 Å². The Bertz CT molecular complexity index is 600. The summed E-state index contributed by atoms with van der Waals surface area (Å²) in [6.07, 6.45) is 1.82. The molecular formula is C19H29N3O3. The summed E-state index contributed by atoms with van der Waals surface area (Å²) in [5.41, 5.74) is 1.63. The molecule has 1 aromatic rings. The summed E-state index contributed by atoms with van der Waals surface area (Å²) in [6, 6.07) is 3.93. The van der Waals surface area contributed by atoms with Crippen molar-refractivity contribution in [2.45, 2.75) is 39.7 Å². The Labute approximate surface area is 149 Å². The Morgan fingerprint density at radius 2 is 2.04 bits per heavy atom.